The van der Waals surface area contributed by atoms with Crippen LogP contribution in [0.2, 0.25) is 0 Å². The molecule has 0 saturated carbocycles. The van der Waals surface area contributed by atoms with Crippen molar-refractivity contribution in [3.8, 4) is 0 Å². The van der Waals surface area contributed by atoms with Gasteiger partial charge in [-0.05, 0) is 20.8 Å². The molecule has 0 aromatic carbocycles. The summed E-state index contributed by atoms with van der Waals surface area (Å²) in [6.45, 7) is 8.28. The Morgan fingerprint density at radius 2 is 2.11 bits per heavy atom. The van der Waals surface area contributed by atoms with E-state index < -0.39 is 11.7 Å². The molecule has 0 saturated heterocycles. The molecular weight excluding hydrogens is 244 g/mol. The van der Waals surface area contributed by atoms with Crippen LogP contribution >= 0.6 is 0 Å². The molecule has 0 aliphatic rings. The summed E-state index contributed by atoms with van der Waals surface area (Å²) < 4.78 is 7.12. The zero-order valence-corrected chi connectivity index (χ0v) is 12.4. The quantitative estimate of drug-likeness (QED) is 0.858. The SMILES string of the molecule is Cn1cncc1C(C)(CN)CNC(=O)OC(C)(C)C. The van der Waals surface area contributed by atoms with Crippen LogP contribution in [0.25, 0.3) is 0 Å². The highest BCUT2D eigenvalue weighted by Crippen LogP contribution is 2.21. The Morgan fingerprint density at radius 1 is 1.47 bits per heavy atom. The first-order chi connectivity index (χ1) is 8.68. The fourth-order valence-electron chi connectivity index (χ4n) is 1.79. The topological polar surface area (TPSA) is 82.2 Å². The normalized spacial score (nSPS) is 14.8. The Bertz CT molecular complexity index is 436. The predicted octanol–water partition coefficient (Wildman–Crippen LogP) is 1.16. The van der Waals surface area contributed by atoms with Gasteiger partial charge in [-0.25, -0.2) is 9.78 Å². The highest BCUT2D eigenvalue weighted by atomic mass is 16.6. The second-order valence-electron chi connectivity index (χ2n) is 6.01. The van der Waals surface area contributed by atoms with Gasteiger partial charge in [-0.2, -0.15) is 0 Å². The van der Waals surface area contributed by atoms with Gasteiger partial charge in [0.15, 0.2) is 0 Å². The number of nitrogens with zero attached hydrogens (tertiary/aromatic N) is 2. The van der Waals surface area contributed by atoms with Crippen LogP contribution in [-0.2, 0) is 17.2 Å². The summed E-state index contributed by atoms with van der Waals surface area (Å²) >= 11 is 0. The van der Waals surface area contributed by atoms with E-state index in [0.29, 0.717) is 13.1 Å². The number of aryl methyl sites for hydroxylation is 1. The van der Waals surface area contributed by atoms with Gasteiger partial charge in [0.2, 0.25) is 0 Å². The molecule has 0 aliphatic carbocycles. The second kappa shape index (κ2) is 5.61. The van der Waals surface area contributed by atoms with Crippen molar-refractivity contribution < 1.29 is 9.53 Å². The highest BCUT2D eigenvalue weighted by molar-refractivity contribution is 5.67. The third-order valence-corrected chi connectivity index (χ3v) is 2.91. The number of hydrogen-bond donors (Lipinski definition) is 2. The summed E-state index contributed by atoms with van der Waals surface area (Å²) in [4.78, 5) is 15.8. The van der Waals surface area contributed by atoms with E-state index in [2.05, 4.69) is 10.3 Å². The van der Waals surface area contributed by atoms with Crippen LogP contribution in [-0.4, -0.2) is 34.3 Å². The Morgan fingerprint density at radius 3 is 2.53 bits per heavy atom. The standard InChI is InChI=1S/C13H24N4O2/c1-12(2,3)19-11(18)16-8-13(4,7-14)10-6-15-9-17(10)5/h6,9H,7-8,14H2,1-5H3,(H,16,18). The fourth-order valence-corrected chi connectivity index (χ4v) is 1.79. The monoisotopic (exact) mass is 268 g/mol. The molecule has 1 amide bonds. The van der Waals surface area contributed by atoms with E-state index in [4.69, 9.17) is 10.5 Å². The molecule has 0 bridgehead atoms. The molecule has 0 aliphatic heterocycles. The smallest absolute Gasteiger partial charge is 0.407 e. The maximum absolute atomic E-state index is 11.7. The van der Waals surface area contributed by atoms with Crippen LogP contribution in [0, 0.1) is 0 Å². The van der Waals surface area contributed by atoms with Gasteiger partial charge in [0.25, 0.3) is 0 Å². The fraction of sp³-hybridized carbons (Fsp3) is 0.692. The van der Waals surface area contributed by atoms with E-state index in [0.717, 1.165) is 5.69 Å². The van der Waals surface area contributed by atoms with Crippen molar-refractivity contribution in [2.75, 3.05) is 13.1 Å². The van der Waals surface area contributed by atoms with Crippen molar-refractivity contribution in [3.05, 3.63) is 18.2 Å². The molecule has 0 fully saturated rings. The number of rotatable bonds is 4. The molecule has 3 N–H and O–H groups in total. The van der Waals surface area contributed by atoms with E-state index >= 15 is 0 Å². The summed E-state index contributed by atoms with van der Waals surface area (Å²) in [6, 6.07) is 0. The number of aromatic nitrogens is 2. The van der Waals surface area contributed by atoms with Crippen molar-refractivity contribution in [1.82, 2.24) is 14.9 Å². The lowest BCUT2D eigenvalue weighted by atomic mass is 9.87. The van der Waals surface area contributed by atoms with Crippen LogP contribution in [0.5, 0.6) is 0 Å². The van der Waals surface area contributed by atoms with Crippen LogP contribution in [0.3, 0.4) is 0 Å². The summed E-state index contributed by atoms with van der Waals surface area (Å²) in [5.41, 5.74) is 5.95. The minimum atomic E-state index is -0.504. The van der Waals surface area contributed by atoms with Gasteiger partial charge < -0.3 is 20.4 Å². The summed E-state index contributed by atoms with van der Waals surface area (Å²) in [5.74, 6) is 0. The lowest BCUT2D eigenvalue weighted by Crippen LogP contribution is -2.46. The zero-order valence-electron chi connectivity index (χ0n) is 12.4. The van der Waals surface area contributed by atoms with Crippen molar-refractivity contribution >= 4 is 6.09 Å². The number of ether oxygens (including phenoxy) is 1. The Kier molecular flexibility index (Phi) is 4.57. The molecule has 19 heavy (non-hydrogen) atoms. The molecule has 1 unspecified atom stereocenters. The van der Waals surface area contributed by atoms with Gasteiger partial charge in [0.05, 0.1) is 6.33 Å². The van der Waals surface area contributed by atoms with Crippen LogP contribution in [0.4, 0.5) is 4.79 Å². The molecule has 6 nitrogen and oxygen atoms in total. The molecule has 1 rings (SSSR count). The van der Waals surface area contributed by atoms with Gasteiger partial charge in [-0.15, -0.1) is 0 Å². The van der Waals surface area contributed by atoms with Crippen molar-refractivity contribution in [3.63, 3.8) is 0 Å². The van der Waals surface area contributed by atoms with Gasteiger partial charge in [-0.1, -0.05) is 6.92 Å². The first kappa shape index (κ1) is 15.5. The summed E-state index contributed by atoms with van der Waals surface area (Å²) in [6.07, 6.45) is 3.05. The number of carbonyl (C=O) groups excluding carboxylic acids is 1. The lowest BCUT2D eigenvalue weighted by Gasteiger charge is -2.29. The molecule has 1 heterocycles. The maximum Gasteiger partial charge on any atom is 0.407 e. The average Bonchev–Trinajstić information content (AvgIpc) is 2.71. The van der Waals surface area contributed by atoms with E-state index in [-0.39, 0.29) is 5.41 Å². The van der Waals surface area contributed by atoms with Gasteiger partial charge >= 0.3 is 6.09 Å². The molecule has 1 aromatic heterocycles. The third kappa shape index (κ3) is 4.24. The molecule has 1 atom stereocenters. The van der Waals surface area contributed by atoms with Crippen LogP contribution in [0.15, 0.2) is 12.5 Å². The Balaban J connectivity index is 2.68. The van der Waals surface area contributed by atoms with Crippen molar-refractivity contribution in [1.29, 1.82) is 0 Å². The summed E-state index contributed by atoms with van der Waals surface area (Å²) in [7, 11) is 1.91. The number of amides is 1. The van der Waals surface area contributed by atoms with E-state index in [1.54, 1.807) is 12.5 Å². The highest BCUT2D eigenvalue weighted by Gasteiger charge is 2.29. The van der Waals surface area contributed by atoms with E-state index in [1.165, 1.54) is 0 Å². The molecule has 108 valence electrons. The van der Waals surface area contributed by atoms with Crippen molar-refractivity contribution in [2.24, 2.45) is 12.8 Å². The molecule has 6 heteroatoms. The molecule has 0 radical (unpaired) electrons. The first-order valence-electron chi connectivity index (χ1n) is 6.32. The number of nitrogens with one attached hydrogen (secondary N) is 1. The minimum Gasteiger partial charge on any atom is -0.444 e. The number of carbonyl (C=O) groups is 1. The van der Waals surface area contributed by atoms with E-state index in [1.807, 2.05) is 39.3 Å². The second-order valence-corrected chi connectivity index (χ2v) is 6.01. The molecule has 1 aromatic rings. The van der Waals surface area contributed by atoms with Crippen molar-refractivity contribution in [2.45, 2.75) is 38.7 Å². The number of imidazole rings is 1. The lowest BCUT2D eigenvalue weighted by molar-refractivity contribution is 0.0516. The first-order valence-corrected chi connectivity index (χ1v) is 6.32. The summed E-state index contributed by atoms with van der Waals surface area (Å²) in [5, 5.41) is 2.76. The minimum absolute atomic E-state index is 0.373. The zero-order chi connectivity index (χ0) is 14.7. The average molecular weight is 268 g/mol. The van der Waals surface area contributed by atoms with Crippen LogP contribution < -0.4 is 11.1 Å². The van der Waals surface area contributed by atoms with Gasteiger partial charge in [0.1, 0.15) is 5.60 Å². The number of hydrogen-bond acceptors (Lipinski definition) is 4. The third-order valence-electron chi connectivity index (χ3n) is 2.91. The molecule has 0 spiro atoms. The maximum atomic E-state index is 11.7. The Hall–Kier alpha value is -1.56. The van der Waals surface area contributed by atoms with Gasteiger partial charge in [0, 0.05) is 37.4 Å². The largest absolute Gasteiger partial charge is 0.444 e. The number of nitrogens with two attached hydrogens (primary N) is 1. The van der Waals surface area contributed by atoms with Crippen LogP contribution in [0.1, 0.15) is 33.4 Å². The molecular formula is C13H24N4O2. The van der Waals surface area contributed by atoms with E-state index in [9.17, 15) is 4.79 Å². The Labute approximate surface area is 114 Å². The van der Waals surface area contributed by atoms with Gasteiger partial charge in [-0.3, -0.25) is 0 Å². The predicted molar refractivity (Wildman–Crippen MR) is 73.9 cm³/mol. The number of alkyl carbamates (subject to hydrolysis) is 1.